The normalized spacial score (nSPS) is 14.6. The second-order valence-corrected chi connectivity index (χ2v) is 9.12. The Morgan fingerprint density at radius 3 is 1.81 bits per heavy atom. The van der Waals surface area contributed by atoms with E-state index >= 15 is 0 Å². The van der Waals surface area contributed by atoms with E-state index in [-0.39, 0.29) is 5.75 Å². The van der Waals surface area contributed by atoms with Crippen molar-refractivity contribution in [1.82, 2.24) is 0 Å². The van der Waals surface area contributed by atoms with Crippen LogP contribution < -0.4 is 0 Å². The van der Waals surface area contributed by atoms with Crippen LogP contribution in [0.15, 0.2) is 48.5 Å². The van der Waals surface area contributed by atoms with E-state index in [0.29, 0.717) is 30.3 Å². The van der Waals surface area contributed by atoms with Crippen LogP contribution in [0.2, 0.25) is 0 Å². The molecule has 1 fully saturated rings. The fourth-order valence-electron chi connectivity index (χ4n) is 4.93. The predicted octanol–water partition coefficient (Wildman–Crippen LogP) is 6.65. The zero-order valence-corrected chi connectivity index (χ0v) is 18.5. The monoisotopic (exact) mass is 416 g/mol. The Labute approximate surface area is 185 Å². The van der Waals surface area contributed by atoms with E-state index in [1.165, 1.54) is 37.7 Å². The zero-order valence-electron chi connectivity index (χ0n) is 18.5. The third-order valence-corrected chi connectivity index (χ3v) is 6.64. The third kappa shape index (κ3) is 4.87. The lowest BCUT2D eigenvalue weighted by atomic mass is 9.81. The molecule has 3 heteroatoms. The van der Waals surface area contributed by atoms with Gasteiger partial charge in [0.05, 0.1) is 0 Å². The molecule has 0 unspecified atom stereocenters. The van der Waals surface area contributed by atoms with E-state index in [1.807, 2.05) is 38.1 Å². The highest BCUT2D eigenvalue weighted by Gasteiger charge is 2.20. The fourth-order valence-corrected chi connectivity index (χ4v) is 4.93. The number of phenolic OH excluding ortho intramolecular Hbond substituents is 3. The number of phenols is 3. The highest BCUT2D eigenvalue weighted by atomic mass is 16.3. The lowest BCUT2D eigenvalue weighted by Gasteiger charge is -2.24. The Hall–Kier alpha value is -2.94. The van der Waals surface area contributed by atoms with Crippen molar-refractivity contribution in [2.24, 2.45) is 0 Å². The molecule has 3 aromatic rings. The van der Waals surface area contributed by atoms with Crippen molar-refractivity contribution in [3.05, 3.63) is 87.5 Å². The number of aryl methyl sites for hydroxylation is 2. The molecule has 0 aliphatic heterocycles. The van der Waals surface area contributed by atoms with Crippen LogP contribution in [-0.2, 0) is 12.8 Å². The van der Waals surface area contributed by atoms with Gasteiger partial charge in [-0.2, -0.15) is 0 Å². The van der Waals surface area contributed by atoms with Gasteiger partial charge in [-0.15, -0.1) is 0 Å². The molecule has 1 saturated carbocycles. The summed E-state index contributed by atoms with van der Waals surface area (Å²) >= 11 is 0. The molecule has 0 saturated heterocycles. The Morgan fingerprint density at radius 1 is 0.677 bits per heavy atom. The summed E-state index contributed by atoms with van der Waals surface area (Å²) in [7, 11) is 0. The lowest BCUT2D eigenvalue weighted by molar-refractivity contribution is 0.439. The van der Waals surface area contributed by atoms with Crippen LogP contribution in [0.3, 0.4) is 0 Å². The van der Waals surface area contributed by atoms with E-state index in [0.717, 1.165) is 33.4 Å². The molecule has 0 aromatic heterocycles. The van der Waals surface area contributed by atoms with Crippen molar-refractivity contribution in [2.75, 3.05) is 0 Å². The SMILES string of the molecule is Cc1cc(Cc2cc(C3CCCCC3)cc(Cc3ccc(O)cc3)c2O)cc(C)c1O. The molecule has 0 atom stereocenters. The molecular formula is C28H32O3. The molecule has 1 aliphatic carbocycles. The maximum Gasteiger partial charge on any atom is 0.122 e. The topological polar surface area (TPSA) is 60.7 Å². The average Bonchev–Trinajstić information content (AvgIpc) is 2.77. The Bertz CT molecular complexity index is 1040. The number of hydrogen-bond donors (Lipinski definition) is 3. The third-order valence-electron chi connectivity index (χ3n) is 6.64. The molecule has 4 rings (SSSR count). The predicted molar refractivity (Wildman–Crippen MR) is 125 cm³/mol. The average molecular weight is 417 g/mol. The lowest BCUT2D eigenvalue weighted by Crippen LogP contribution is -2.07. The van der Waals surface area contributed by atoms with Crippen molar-refractivity contribution in [3.63, 3.8) is 0 Å². The summed E-state index contributed by atoms with van der Waals surface area (Å²) in [4.78, 5) is 0. The number of aromatic hydroxyl groups is 3. The molecule has 0 radical (unpaired) electrons. The first-order chi connectivity index (χ1) is 14.9. The quantitative estimate of drug-likeness (QED) is 0.436. The smallest absolute Gasteiger partial charge is 0.122 e. The van der Waals surface area contributed by atoms with E-state index < -0.39 is 0 Å². The van der Waals surface area contributed by atoms with Gasteiger partial charge in [0.15, 0.2) is 0 Å². The van der Waals surface area contributed by atoms with Crippen LogP contribution in [-0.4, -0.2) is 15.3 Å². The minimum Gasteiger partial charge on any atom is -0.508 e. The van der Waals surface area contributed by atoms with Crippen LogP contribution >= 0.6 is 0 Å². The van der Waals surface area contributed by atoms with Gasteiger partial charge in [-0.1, -0.05) is 55.7 Å². The molecule has 0 amide bonds. The van der Waals surface area contributed by atoms with Gasteiger partial charge < -0.3 is 15.3 Å². The molecule has 1 aliphatic rings. The first-order valence-corrected chi connectivity index (χ1v) is 11.3. The molecule has 3 N–H and O–H groups in total. The van der Waals surface area contributed by atoms with Crippen LogP contribution in [0.4, 0.5) is 0 Å². The molecule has 3 aromatic carbocycles. The second kappa shape index (κ2) is 9.05. The van der Waals surface area contributed by atoms with E-state index in [2.05, 4.69) is 12.1 Å². The largest absolute Gasteiger partial charge is 0.508 e. The molecule has 0 heterocycles. The highest BCUT2D eigenvalue weighted by Crippen LogP contribution is 2.38. The number of rotatable bonds is 5. The van der Waals surface area contributed by atoms with Gasteiger partial charge in [0.25, 0.3) is 0 Å². The van der Waals surface area contributed by atoms with Crippen LogP contribution in [0.1, 0.15) is 77.0 Å². The van der Waals surface area contributed by atoms with E-state index in [1.54, 1.807) is 12.1 Å². The van der Waals surface area contributed by atoms with Crippen LogP contribution in [0, 0.1) is 13.8 Å². The van der Waals surface area contributed by atoms with Crippen molar-refractivity contribution >= 4 is 0 Å². The molecule has 0 spiro atoms. The van der Waals surface area contributed by atoms with Crippen LogP contribution in [0.5, 0.6) is 17.2 Å². The van der Waals surface area contributed by atoms with Crippen molar-refractivity contribution < 1.29 is 15.3 Å². The standard InChI is InChI=1S/C28H32O3/c1-18-12-21(13-19(2)27(18)30)15-25-17-23(22-6-4-3-5-7-22)16-24(28(25)31)14-20-8-10-26(29)11-9-20/h8-13,16-17,22,29-31H,3-7,14-15H2,1-2H3. The van der Waals surface area contributed by atoms with Crippen molar-refractivity contribution in [1.29, 1.82) is 0 Å². The van der Waals surface area contributed by atoms with Crippen LogP contribution in [0.25, 0.3) is 0 Å². The summed E-state index contributed by atoms with van der Waals surface area (Å²) in [6.45, 7) is 3.83. The van der Waals surface area contributed by atoms with Gasteiger partial charge in [0.1, 0.15) is 17.2 Å². The second-order valence-electron chi connectivity index (χ2n) is 9.12. The first-order valence-electron chi connectivity index (χ1n) is 11.3. The summed E-state index contributed by atoms with van der Waals surface area (Å²) in [5, 5.41) is 30.9. The van der Waals surface area contributed by atoms with E-state index in [4.69, 9.17) is 0 Å². The van der Waals surface area contributed by atoms with E-state index in [9.17, 15) is 15.3 Å². The Balaban J connectivity index is 1.72. The molecular weight excluding hydrogens is 384 g/mol. The summed E-state index contributed by atoms with van der Waals surface area (Å²) in [5.74, 6) is 1.51. The molecule has 31 heavy (non-hydrogen) atoms. The number of hydrogen-bond acceptors (Lipinski definition) is 3. The minimum atomic E-state index is 0.252. The van der Waals surface area contributed by atoms with Gasteiger partial charge in [-0.25, -0.2) is 0 Å². The van der Waals surface area contributed by atoms with Crippen molar-refractivity contribution in [2.45, 2.75) is 64.7 Å². The molecule has 3 nitrogen and oxygen atoms in total. The van der Waals surface area contributed by atoms with Crippen molar-refractivity contribution in [3.8, 4) is 17.2 Å². The maximum atomic E-state index is 11.2. The zero-order chi connectivity index (χ0) is 22.0. The Morgan fingerprint density at radius 2 is 1.23 bits per heavy atom. The number of benzene rings is 3. The summed E-state index contributed by atoms with van der Waals surface area (Å²) in [5.41, 5.74) is 7.10. The van der Waals surface area contributed by atoms with Gasteiger partial charge >= 0.3 is 0 Å². The van der Waals surface area contributed by atoms with Gasteiger partial charge in [0.2, 0.25) is 0 Å². The van der Waals surface area contributed by atoms with Gasteiger partial charge in [-0.3, -0.25) is 0 Å². The summed E-state index contributed by atoms with van der Waals surface area (Å²) in [6.07, 6.45) is 7.54. The first kappa shape index (κ1) is 21.3. The minimum absolute atomic E-state index is 0.252. The van der Waals surface area contributed by atoms with Gasteiger partial charge in [0, 0.05) is 12.8 Å². The Kier molecular flexibility index (Phi) is 6.22. The highest BCUT2D eigenvalue weighted by molar-refractivity contribution is 5.50. The summed E-state index contributed by atoms with van der Waals surface area (Å²) < 4.78 is 0. The van der Waals surface area contributed by atoms with Gasteiger partial charge in [-0.05, 0) is 83.7 Å². The molecule has 162 valence electrons. The maximum absolute atomic E-state index is 11.2. The molecule has 0 bridgehead atoms. The summed E-state index contributed by atoms with van der Waals surface area (Å²) in [6, 6.07) is 15.6. The fraction of sp³-hybridized carbons (Fsp3) is 0.357.